The largest absolute Gasteiger partial charge is 0.550 e. The Hall–Kier alpha value is 0.350. The topological polar surface area (TPSA) is 66.4 Å². The van der Waals surface area contributed by atoms with E-state index in [1.807, 2.05) is 12.1 Å². The number of halogens is 3. The van der Waals surface area contributed by atoms with Crippen LogP contribution < -0.4 is 9.84 Å². The molecule has 7 heteroatoms. The summed E-state index contributed by atoms with van der Waals surface area (Å²) in [5.74, 6) is -0.850. The van der Waals surface area contributed by atoms with Crippen LogP contribution in [-0.2, 0) is 9.59 Å². The first-order valence-corrected chi connectivity index (χ1v) is 8.69. The maximum atomic E-state index is 11.7. The van der Waals surface area contributed by atoms with Crippen molar-refractivity contribution < 1.29 is 19.4 Å². The highest BCUT2D eigenvalue weighted by Crippen LogP contribution is 2.29. The summed E-state index contributed by atoms with van der Waals surface area (Å²) in [7, 11) is 0. The number of carboxylic acid groups (broad SMARTS) is 1. The third-order valence-electron chi connectivity index (χ3n) is 2.19. The summed E-state index contributed by atoms with van der Waals surface area (Å²) >= 11 is 6.46. The number of ether oxygens (including phenoxy) is 1. The number of rotatable bonds is 6. The number of hydrogen-bond donors (Lipinski definition) is 0. The van der Waals surface area contributed by atoms with E-state index in [1.165, 1.54) is 0 Å². The monoisotopic (exact) mass is 599 g/mol. The van der Waals surface area contributed by atoms with Crippen LogP contribution in [0.25, 0.3) is 0 Å². The van der Waals surface area contributed by atoms with Gasteiger partial charge in [-0.25, -0.2) is 0 Å². The van der Waals surface area contributed by atoms with Crippen molar-refractivity contribution in [1.82, 2.24) is 0 Å². The van der Waals surface area contributed by atoms with Crippen LogP contribution in [0.4, 0.5) is 0 Å². The Morgan fingerprint density at radius 1 is 1.05 bits per heavy atom. The van der Waals surface area contributed by atoms with Gasteiger partial charge in [0.05, 0.1) is 7.14 Å². The molecular weight excluding hydrogens is 589 g/mol. The molecule has 1 rings (SSSR count). The molecule has 104 valence electrons. The van der Waals surface area contributed by atoms with Crippen molar-refractivity contribution in [1.29, 1.82) is 0 Å². The van der Waals surface area contributed by atoms with Gasteiger partial charge in [-0.15, -0.1) is 0 Å². The molecule has 0 atom stereocenters. The minimum absolute atomic E-state index is 0.0219. The van der Waals surface area contributed by atoms with Crippen LogP contribution in [0.3, 0.4) is 0 Å². The van der Waals surface area contributed by atoms with Crippen LogP contribution >= 0.6 is 67.8 Å². The summed E-state index contributed by atoms with van der Waals surface area (Å²) in [5, 5.41) is 10.2. The molecule has 0 bridgehead atoms. The molecule has 0 fully saturated rings. The van der Waals surface area contributed by atoms with Crippen molar-refractivity contribution >= 4 is 79.7 Å². The SMILES string of the molecule is O=C([O-])CCCCC(=O)Oc1c(I)cc(I)cc1I. The van der Waals surface area contributed by atoms with Gasteiger partial charge in [0.1, 0.15) is 0 Å². The number of carboxylic acids is 1. The van der Waals surface area contributed by atoms with Crippen LogP contribution in [0.1, 0.15) is 25.7 Å². The number of esters is 1. The number of carbonyl (C=O) groups is 2. The average molecular weight is 599 g/mol. The number of carbonyl (C=O) groups excluding carboxylic acids is 2. The smallest absolute Gasteiger partial charge is 0.311 e. The Bertz CT molecular complexity index is 465. The summed E-state index contributed by atoms with van der Waals surface area (Å²) in [6.07, 6.45) is 1.11. The van der Waals surface area contributed by atoms with E-state index in [1.54, 1.807) is 0 Å². The maximum absolute atomic E-state index is 11.7. The highest BCUT2D eigenvalue weighted by Gasteiger charge is 2.12. The predicted octanol–water partition coefficient (Wildman–Crippen LogP) is 2.72. The summed E-state index contributed by atoms with van der Waals surface area (Å²) in [4.78, 5) is 21.9. The molecule has 0 amide bonds. The zero-order valence-electron chi connectivity index (χ0n) is 9.75. The second-order valence-electron chi connectivity index (χ2n) is 3.75. The van der Waals surface area contributed by atoms with Crippen LogP contribution in [0.2, 0.25) is 0 Å². The molecule has 0 unspecified atom stereocenters. The lowest BCUT2D eigenvalue weighted by Gasteiger charge is -2.09. The van der Waals surface area contributed by atoms with E-state index >= 15 is 0 Å². The molecule has 0 N–H and O–H groups in total. The van der Waals surface area contributed by atoms with E-state index in [0.717, 1.165) is 10.7 Å². The number of aliphatic carboxylic acids is 1. The van der Waals surface area contributed by atoms with E-state index in [2.05, 4.69) is 67.8 Å². The fourth-order valence-corrected chi connectivity index (χ4v) is 5.13. The van der Waals surface area contributed by atoms with Crippen molar-refractivity contribution in [2.75, 3.05) is 0 Å². The van der Waals surface area contributed by atoms with Crippen LogP contribution in [-0.4, -0.2) is 11.9 Å². The maximum Gasteiger partial charge on any atom is 0.311 e. The molecule has 0 saturated heterocycles. The minimum atomic E-state index is -1.09. The summed E-state index contributed by atoms with van der Waals surface area (Å²) in [6, 6.07) is 3.87. The molecule has 19 heavy (non-hydrogen) atoms. The van der Waals surface area contributed by atoms with Gasteiger partial charge in [-0.05, 0) is 99.2 Å². The number of unbranched alkanes of at least 4 members (excludes halogenated alkanes) is 1. The van der Waals surface area contributed by atoms with Gasteiger partial charge in [-0.1, -0.05) is 0 Å². The van der Waals surface area contributed by atoms with Gasteiger partial charge in [0.15, 0.2) is 5.75 Å². The fraction of sp³-hybridized carbons (Fsp3) is 0.333. The van der Waals surface area contributed by atoms with Crippen molar-refractivity contribution in [2.24, 2.45) is 0 Å². The van der Waals surface area contributed by atoms with Gasteiger partial charge in [-0.3, -0.25) is 4.79 Å². The Balaban J connectivity index is 2.51. The van der Waals surface area contributed by atoms with Crippen molar-refractivity contribution in [3.63, 3.8) is 0 Å². The van der Waals surface area contributed by atoms with Crippen molar-refractivity contribution in [3.05, 3.63) is 22.8 Å². The number of benzene rings is 1. The van der Waals surface area contributed by atoms with Crippen LogP contribution in [0.5, 0.6) is 5.75 Å². The summed E-state index contributed by atoms with van der Waals surface area (Å²) in [5.41, 5.74) is 0. The fourth-order valence-electron chi connectivity index (χ4n) is 1.33. The molecule has 0 heterocycles. The van der Waals surface area contributed by atoms with Gasteiger partial charge in [0.25, 0.3) is 0 Å². The molecule has 0 aliphatic heterocycles. The highest BCUT2D eigenvalue weighted by atomic mass is 127. The molecule has 4 nitrogen and oxygen atoms in total. The third-order valence-corrected chi connectivity index (χ3v) is 4.42. The zero-order valence-corrected chi connectivity index (χ0v) is 16.2. The van der Waals surface area contributed by atoms with E-state index < -0.39 is 5.97 Å². The third kappa shape index (κ3) is 6.56. The quantitative estimate of drug-likeness (QED) is 0.219. The lowest BCUT2D eigenvalue weighted by molar-refractivity contribution is -0.305. The first kappa shape index (κ1) is 17.4. The summed E-state index contributed by atoms with van der Waals surface area (Å²) < 4.78 is 8.17. The Labute approximate surface area is 152 Å². The normalized spacial score (nSPS) is 10.3. The minimum Gasteiger partial charge on any atom is -0.550 e. The Morgan fingerprint density at radius 3 is 2.11 bits per heavy atom. The molecule has 0 spiro atoms. The van der Waals surface area contributed by atoms with Gasteiger partial charge in [0, 0.05) is 16.0 Å². The molecular formula is C12H10I3O4-. The van der Waals surface area contributed by atoms with Gasteiger partial charge < -0.3 is 14.6 Å². The molecule has 0 radical (unpaired) electrons. The molecule has 0 aliphatic carbocycles. The Morgan fingerprint density at radius 2 is 1.58 bits per heavy atom. The van der Waals surface area contributed by atoms with Gasteiger partial charge in [0.2, 0.25) is 0 Å². The molecule has 0 aromatic heterocycles. The highest BCUT2D eigenvalue weighted by molar-refractivity contribution is 14.1. The first-order valence-electron chi connectivity index (χ1n) is 5.45. The van der Waals surface area contributed by atoms with Crippen molar-refractivity contribution in [2.45, 2.75) is 25.7 Å². The Kier molecular flexibility index (Phi) is 7.87. The van der Waals surface area contributed by atoms with E-state index in [9.17, 15) is 14.7 Å². The molecule has 0 aliphatic rings. The number of hydrogen-bond acceptors (Lipinski definition) is 4. The second-order valence-corrected chi connectivity index (χ2v) is 7.32. The second kappa shape index (κ2) is 8.60. The van der Waals surface area contributed by atoms with Crippen LogP contribution in [0.15, 0.2) is 12.1 Å². The van der Waals surface area contributed by atoms with Crippen LogP contribution in [0, 0.1) is 10.7 Å². The molecule has 1 aromatic carbocycles. The standard InChI is InChI=1S/C12H11I3O4/c13-7-5-8(14)12(9(15)6-7)19-11(18)4-2-1-3-10(16)17/h5-6H,1-4H2,(H,16,17)/p-1. The van der Waals surface area contributed by atoms with Gasteiger partial charge >= 0.3 is 5.97 Å². The lowest BCUT2D eigenvalue weighted by Crippen LogP contribution is -2.21. The molecule has 1 aromatic rings. The van der Waals surface area contributed by atoms with Crippen molar-refractivity contribution in [3.8, 4) is 5.75 Å². The van der Waals surface area contributed by atoms with E-state index in [4.69, 9.17) is 4.74 Å². The molecule has 0 saturated carbocycles. The predicted molar refractivity (Wildman–Crippen MR) is 93.7 cm³/mol. The first-order chi connectivity index (χ1) is 8.90. The summed E-state index contributed by atoms with van der Waals surface area (Å²) in [6.45, 7) is 0. The zero-order chi connectivity index (χ0) is 14.4. The lowest BCUT2D eigenvalue weighted by atomic mass is 10.2. The van der Waals surface area contributed by atoms with Gasteiger partial charge in [-0.2, -0.15) is 0 Å². The average Bonchev–Trinajstić information content (AvgIpc) is 2.29. The van der Waals surface area contributed by atoms with E-state index in [0.29, 0.717) is 18.6 Å². The van der Waals surface area contributed by atoms with E-state index in [-0.39, 0.29) is 18.8 Å².